The lowest BCUT2D eigenvalue weighted by Crippen LogP contribution is -2.30. The second-order valence-electron chi connectivity index (χ2n) is 8.29. The molecule has 154 valence electrons. The number of carboxylic acid groups (broad SMARTS) is 1. The van der Waals surface area contributed by atoms with Crippen LogP contribution in [-0.4, -0.2) is 28.1 Å². The van der Waals surface area contributed by atoms with Crippen molar-refractivity contribution in [3.63, 3.8) is 0 Å². The number of carboxylic acids is 1. The highest BCUT2D eigenvalue weighted by Gasteiger charge is 2.45. The van der Waals surface area contributed by atoms with Crippen LogP contribution in [0.1, 0.15) is 71.6 Å². The third-order valence-electron chi connectivity index (χ3n) is 6.00. The molecule has 0 heterocycles. The van der Waals surface area contributed by atoms with Crippen molar-refractivity contribution in [3.05, 3.63) is 23.8 Å². The van der Waals surface area contributed by atoms with Crippen LogP contribution in [0.25, 0.3) is 0 Å². The summed E-state index contributed by atoms with van der Waals surface area (Å²) in [5.41, 5.74) is 1.20. The Morgan fingerprint density at radius 3 is 2.82 bits per heavy atom. The molecule has 4 nitrogen and oxygen atoms in total. The van der Waals surface area contributed by atoms with E-state index in [-0.39, 0.29) is 30.0 Å². The van der Waals surface area contributed by atoms with E-state index >= 15 is 0 Å². The summed E-state index contributed by atoms with van der Waals surface area (Å²) in [5, 5.41) is 19.2. The van der Waals surface area contributed by atoms with Crippen LogP contribution >= 0.6 is 0 Å². The molecule has 28 heavy (non-hydrogen) atoms. The molecule has 1 fully saturated rings. The van der Waals surface area contributed by atoms with Crippen molar-refractivity contribution in [2.75, 3.05) is 0 Å². The molecule has 5 atom stereocenters. The molecule has 2 N–H and O–H groups in total. The lowest BCUT2D eigenvalue weighted by molar-refractivity contribution is -0.137. The van der Waals surface area contributed by atoms with Gasteiger partial charge in [0.15, 0.2) is 0 Å². The Hall–Kier alpha value is -1.86. The standard InChI is InChI=1S/C24H34O4/c1-3-4-5-8-17(2)11-14-21(25)24-20-13-12-18(9-6-7-10-23(27)28)15-19(20)16-22(24)26/h6,9,15,17,19-20,22,24,26H,3,7-8,10-14,16H2,1-2H3,(H,27,28)/t17?,19-,20-,22+,24-/m1/s1. The highest BCUT2D eigenvalue weighted by Crippen LogP contribution is 2.46. The SMILES string of the molecule is CCC#CCC(C)CCC(=O)[C@H]1[C@@H]2CCC(C=CCCC(=O)O)=C[C@@H]2C[C@@H]1O. The summed E-state index contributed by atoms with van der Waals surface area (Å²) in [6, 6.07) is 0. The largest absolute Gasteiger partial charge is 0.481 e. The molecule has 4 heteroatoms. The van der Waals surface area contributed by atoms with E-state index in [2.05, 4.69) is 24.8 Å². The van der Waals surface area contributed by atoms with Gasteiger partial charge >= 0.3 is 5.97 Å². The van der Waals surface area contributed by atoms with Crippen LogP contribution in [0, 0.1) is 35.5 Å². The van der Waals surface area contributed by atoms with Crippen molar-refractivity contribution in [3.8, 4) is 11.8 Å². The van der Waals surface area contributed by atoms with Crippen molar-refractivity contribution >= 4 is 11.8 Å². The van der Waals surface area contributed by atoms with E-state index in [1.807, 2.05) is 19.1 Å². The first-order valence-electron chi connectivity index (χ1n) is 10.7. The smallest absolute Gasteiger partial charge is 0.303 e. The Kier molecular flexibility index (Phi) is 8.99. The zero-order chi connectivity index (χ0) is 20.5. The number of hydrogen-bond acceptors (Lipinski definition) is 3. The second-order valence-corrected chi connectivity index (χ2v) is 8.29. The van der Waals surface area contributed by atoms with Gasteiger partial charge in [-0.05, 0) is 49.9 Å². The maximum Gasteiger partial charge on any atom is 0.303 e. The Balaban J connectivity index is 1.88. The van der Waals surface area contributed by atoms with Gasteiger partial charge in [-0.3, -0.25) is 9.59 Å². The Morgan fingerprint density at radius 1 is 1.32 bits per heavy atom. The zero-order valence-electron chi connectivity index (χ0n) is 17.2. The molecule has 0 aromatic rings. The fraction of sp³-hybridized carbons (Fsp3) is 0.667. The van der Waals surface area contributed by atoms with Gasteiger partial charge < -0.3 is 10.2 Å². The number of carbonyl (C=O) groups is 2. The van der Waals surface area contributed by atoms with Gasteiger partial charge in [0, 0.05) is 31.6 Å². The lowest BCUT2D eigenvalue weighted by atomic mass is 9.76. The van der Waals surface area contributed by atoms with Gasteiger partial charge in [-0.15, -0.1) is 11.8 Å². The number of aliphatic carboxylic acids is 1. The van der Waals surface area contributed by atoms with Crippen LogP contribution in [0.4, 0.5) is 0 Å². The van der Waals surface area contributed by atoms with Gasteiger partial charge in [-0.25, -0.2) is 0 Å². The van der Waals surface area contributed by atoms with Crippen LogP contribution in [0.5, 0.6) is 0 Å². The molecule has 1 unspecified atom stereocenters. The normalized spacial score (nSPS) is 27.6. The molecule has 1 saturated carbocycles. The van der Waals surface area contributed by atoms with Gasteiger partial charge in [0.1, 0.15) is 5.78 Å². The first-order chi connectivity index (χ1) is 13.4. The predicted octanol–water partition coefficient (Wildman–Crippen LogP) is 4.53. The molecule has 0 spiro atoms. The van der Waals surface area contributed by atoms with Gasteiger partial charge in [-0.1, -0.05) is 37.6 Å². The minimum Gasteiger partial charge on any atom is -0.481 e. The van der Waals surface area contributed by atoms with Crippen LogP contribution in [-0.2, 0) is 9.59 Å². The van der Waals surface area contributed by atoms with Crippen LogP contribution in [0.2, 0.25) is 0 Å². The number of Topliss-reactive ketones (excluding diaryl/α,β-unsaturated/α-hetero) is 1. The highest BCUT2D eigenvalue weighted by molar-refractivity contribution is 5.82. The van der Waals surface area contributed by atoms with Gasteiger partial charge in [0.05, 0.1) is 6.10 Å². The number of aliphatic hydroxyl groups excluding tert-OH is 1. The van der Waals surface area contributed by atoms with Crippen LogP contribution in [0.15, 0.2) is 23.8 Å². The van der Waals surface area contributed by atoms with E-state index in [0.29, 0.717) is 25.2 Å². The van der Waals surface area contributed by atoms with Gasteiger partial charge in [0.2, 0.25) is 0 Å². The summed E-state index contributed by atoms with van der Waals surface area (Å²) in [7, 11) is 0. The number of rotatable bonds is 9. The number of aliphatic hydroxyl groups is 1. The molecule has 0 aromatic heterocycles. The molecule has 0 aromatic carbocycles. The quantitative estimate of drug-likeness (QED) is 0.571. The first-order valence-corrected chi connectivity index (χ1v) is 10.7. The fourth-order valence-electron chi connectivity index (χ4n) is 4.49. The number of fused-ring (bicyclic) bond motifs is 1. The average molecular weight is 387 g/mol. The van der Waals surface area contributed by atoms with Crippen LogP contribution < -0.4 is 0 Å². The Bertz CT molecular complexity index is 664. The van der Waals surface area contributed by atoms with Crippen molar-refractivity contribution < 1.29 is 19.8 Å². The molecule has 0 amide bonds. The van der Waals surface area contributed by atoms with Crippen molar-refractivity contribution in [1.29, 1.82) is 0 Å². The number of allylic oxidation sites excluding steroid dienone is 4. The minimum atomic E-state index is -0.783. The molecule has 0 aliphatic heterocycles. The highest BCUT2D eigenvalue weighted by atomic mass is 16.4. The molecular weight excluding hydrogens is 352 g/mol. The molecular formula is C24H34O4. The average Bonchev–Trinajstić information content (AvgIpc) is 2.98. The number of ketones is 1. The Morgan fingerprint density at radius 2 is 2.11 bits per heavy atom. The van der Waals surface area contributed by atoms with Gasteiger partial charge in [-0.2, -0.15) is 0 Å². The van der Waals surface area contributed by atoms with E-state index < -0.39 is 12.1 Å². The van der Waals surface area contributed by atoms with Crippen molar-refractivity contribution in [1.82, 2.24) is 0 Å². The minimum absolute atomic E-state index is 0.146. The maximum absolute atomic E-state index is 12.8. The third-order valence-corrected chi connectivity index (χ3v) is 6.00. The molecule has 2 aliphatic carbocycles. The zero-order valence-corrected chi connectivity index (χ0v) is 17.2. The van der Waals surface area contributed by atoms with Crippen molar-refractivity contribution in [2.24, 2.45) is 23.7 Å². The maximum atomic E-state index is 12.8. The second kappa shape index (κ2) is 11.2. The van der Waals surface area contributed by atoms with E-state index in [1.54, 1.807) is 0 Å². The lowest BCUT2D eigenvalue weighted by Gasteiger charge is -2.27. The van der Waals surface area contributed by atoms with E-state index in [0.717, 1.165) is 32.1 Å². The van der Waals surface area contributed by atoms with E-state index in [4.69, 9.17) is 5.11 Å². The summed E-state index contributed by atoms with van der Waals surface area (Å²) in [5.74, 6) is 6.34. The summed E-state index contributed by atoms with van der Waals surface area (Å²) >= 11 is 0. The van der Waals surface area contributed by atoms with E-state index in [9.17, 15) is 14.7 Å². The monoisotopic (exact) mass is 386 g/mol. The number of carbonyl (C=O) groups excluding carboxylic acids is 1. The fourth-order valence-corrected chi connectivity index (χ4v) is 4.49. The molecule has 2 rings (SSSR count). The molecule has 0 saturated heterocycles. The van der Waals surface area contributed by atoms with Gasteiger partial charge in [0.25, 0.3) is 0 Å². The van der Waals surface area contributed by atoms with E-state index in [1.165, 1.54) is 5.57 Å². The molecule has 0 bridgehead atoms. The summed E-state index contributed by atoms with van der Waals surface area (Å²) in [4.78, 5) is 23.4. The summed E-state index contributed by atoms with van der Waals surface area (Å²) < 4.78 is 0. The molecule has 0 radical (unpaired) electrons. The van der Waals surface area contributed by atoms with Crippen LogP contribution in [0.3, 0.4) is 0 Å². The third kappa shape index (κ3) is 6.63. The first kappa shape index (κ1) is 22.4. The van der Waals surface area contributed by atoms with Crippen molar-refractivity contribution in [2.45, 2.75) is 77.7 Å². The Labute approximate surface area is 169 Å². The predicted molar refractivity (Wildman–Crippen MR) is 111 cm³/mol. The summed E-state index contributed by atoms with van der Waals surface area (Å²) in [6.07, 6.45) is 11.8. The summed E-state index contributed by atoms with van der Waals surface area (Å²) in [6.45, 7) is 4.17. The topological polar surface area (TPSA) is 74.6 Å². The molecule has 2 aliphatic rings. The number of hydrogen-bond donors (Lipinski definition) is 2.